The molecule has 0 amide bonds. The molecule has 0 rings (SSSR count). The van der Waals surface area contributed by atoms with Gasteiger partial charge in [0.1, 0.15) is 0 Å². The monoisotopic (exact) mass is 329 g/mol. The van der Waals surface area contributed by atoms with Gasteiger partial charge in [-0.1, -0.05) is 56.5 Å². The molecule has 106 valence electrons. The molecule has 0 spiro atoms. The summed E-state index contributed by atoms with van der Waals surface area (Å²) in [6.07, 6.45) is 10.7. The highest BCUT2D eigenvalue weighted by Crippen LogP contribution is 2.27. The predicted molar refractivity (Wildman–Crippen MR) is 83.7 cm³/mol. The van der Waals surface area contributed by atoms with Crippen molar-refractivity contribution < 1.29 is 0 Å². The fraction of sp³-hybridized carbons (Fsp3) is 1.00. The first-order valence-corrected chi connectivity index (χ1v) is 11.9. The Hall–Kier alpha value is 0.397. The largest absolute Gasteiger partial charge is 0.341 e. The van der Waals surface area contributed by atoms with Crippen molar-refractivity contribution in [2.75, 3.05) is 6.54 Å². The SMILES string of the molecule is [N-]=[N+]=NCCCCCCCCCCC[Si](Cl)(Cl)Cl. The summed E-state index contributed by atoms with van der Waals surface area (Å²) in [5, 5.41) is 3.51. The fourth-order valence-corrected chi connectivity index (χ4v) is 3.64. The molecule has 0 fully saturated rings. The normalized spacial score (nSPS) is 11.3. The number of unbranched alkanes of at least 4 members (excludes halogenated alkanes) is 8. The molecule has 0 aliphatic rings. The van der Waals surface area contributed by atoms with Crippen LogP contribution in [0.3, 0.4) is 0 Å². The molecule has 0 unspecified atom stereocenters. The first-order chi connectivity index (χ1) is 8.56. The first kappa shape index (κ1) is 18.4. The number of rotatable bonds is 12. The molecule has 0 N–H and O–H groups in total. The molecule has 0 saturated carbocycles. The van der Waals surface area contributed by atoms with E-state index in [9.17, 15) is 0 Å². The number of hydrogen-bond acceptors (Lipinski definition) is 1. The summed E-state index contributed by atoms with van der Waals surface area (Å²) < 4.78 is 0. The fourth-order valence-electron chi connectivity index (χ4n) is 1.79. The third-order valence-electron chi connectivity index (χ3n) is 2.78. The highest BCUT2D eigenvalue weighted by Gasteiger charge is 2.23. The van der Waals surface area contributed by atoms with E-state index in [2.05, 4.69) is 10.0 Å². The smallest absolute Gasteiger partial charge is 0.126 e. The maximum atomic E-state index is 8.10. The van der Waals surface area contributed by atoms with Gasteiger partial charge in [0.2, 0.25) is 0 Å². The van der Waals surface area contributed by atoms with E-state index in [-0.39, 0.29) is 0 Å². The molecule has 0 aromatic rings. The van der Waals surface area contributed by atoms with Crippen molar-refractivity contribution in [2.24, 2.45) is 5.11 Å². The Morgan fingerprint density at radius 3 is 1.67 bits per heavy atom. The second kappa shape index (κ2) is 12.4. The van der Waals surface area contributed by atoms with E-state index >= 15 is 0 Å². The van der Waals surface area contributed by atoms with Gasteiger partial charge in [-0.25, -0.2) is 0 Å². The molecule has 0 aliphatic heterocycles. The lowest BCUT2D eigenvalue weighted by Crippen LogP contribution is -2.07. The van der Waals surface area contributed by atoms with Gasteiger partial charge in [0.15, 0.2) is 0 Å². The first-order valence-electron chi connectivity index (χ1n) is 6.64. The van der Waals surface area contributed by atoms with Crippen LogP contribution in [0.5, 0.6) is 0 Å². The summed E-state index contributed by atoms with van der Waals surface area (Å²) in [5.74, 6) is 0. The van der Waals surface area contributed by atoms with Crippen LogP contribution < -0.4 is 0 Å². The van der Waals surface area contributed by atoms with Gasteiger partial charge in [-0.05, 0) is 18.0 Å². The zero-order valence-corrected chi connectivity index (χ0v) is 14.0. The Balaban J connectivity index is 3.05. The maximum Gasteiger partial charge on any atom is 0.341 e. The van der Waals surface area contributed by atoms with Crippen LogP contribution in [0.2, 0.25) is 6.04 Å². The summed E-state index contributed by atoms with van der Waals surface area (Å²) in [6.45, 7) is 0.636. The van der Waals surface area contributed by atoms with Crippen LogP contribution in [0.25, 0.3) is 10.4 Å². The molecular weight excluding hydrogens is 309 g/mol. The van der Waals surface area contributed by atoms with Gasteiger partial charge in [0.25, 0.3) is 0 Å². The molecule has 0 aromatic carbocycles. The van der Waals surface area contributed by atoms with Crippen molar-refractivity contribution in [3.63, 3.8) is 0 Å². The van der Waals surface area contributed by atoms with Gasteiger partial charge in [-0.15, -0.1) is 33.2 Å². The van der Waals surface area contributed by atoms with E-state index in [4.69, 9.17) is 38.8 Å². The number of azide groups is 1. The van der Waals surface area contributed by atoms with Crippen LogP contribution >= 0.6 is 33.2 Å². The van der Waals surface area contributed by atoms with Crippen LogP contribution in [0, 0.1) is 0 Å². The van der Waals surface area contributed by atoms with Gasteiger partial charge in [-0.2, -0.15) is 0 Å². The molecule has 0 aliphatic carbocycles. The third-order valence-corrected chi connectivity index (χ3v) is 5.40. The van der Waals surface area contributed by atoms with Crippen molar-refractivity contribution in [3.05, 3.63) is 10.4 Å². The van der Waals surface area contributed by atoms with E-state index in [0.717, 1.165) is 25.3 Å². The summed E-state index contributed by atoms with van der Waals surface area (Å²) >= 11 is 17.4. The summed E-state index contributed by atoms with van der Waals surface area (Å²) in [5.41, 5.74) is 8.10. The van der Waals surface area contributed by atoms with E-state index < -0.39 is 6.00 Å². The second-order valence-corrected chi connectivity index (χ2v) is 13.8. The standard InChI is InChI=1S/C11H22Cl3N3Si/c12-18(13,14)11-9-7-5-3-1-2-4-6-8-10-16-17-15/h1-11H2. The Morgan fingerprint density at radius 2 is 1.22 bits per heavy atom. The summed E-state index contributed by atoms with van der Waals surface area (Å²) in [6, 6.07) is -1.58. The lowest BCUT2D eigenvalue weighted by Gasteiger charge is -2.06. The van der Waals surface area contributed by atoms with E-state index in [1.54, 1.807) is 0 Å². The number of nitrogens with zero attached hydrogens (tertiary/aromatic N) is 3. The Labute approximate surface area is 125 Å². The number of hydrogen-bond donors (Lipinski definition) is 0. The zero-order valence-electron chi connectivity index (χ0n) is 10.8. The minimum Gasteiger partial charge on any atom is -0.126 e. The minimum atomic E-state index is -2.37. The molecule has 7 heteroatoms. The van der Waals surface area contributed by atoms with Crippen LogP contribution in [0.15, 0.2) is 5.11 Å². The molecule has 3 nitrogen and oxygen atoms in total. The van der Waals surface area contributed by atoms with E-state index in [0.29, 0.717) is 6.54 Å². The Kier molecular flexibility index (Phi) is 12.7. The molecule has 0 saturated heterocycles. The molecular formula is C11H22Cl3N3Si. The van der Waals surface area contributed by atoms with Gasteiger partial charge in [0, 0.05) is 11.5 Å². The summed E-state index contributed by atoms with van der Waals surface area (Å²) in [7, 11) is 0. The number of halogens is 3. The predicted octanol–water partition coefficient (Wildman–Crippen LogP) is 6.46. The average molecular weight is 331 g/mol. The highest BCUT2D eigenvalue weighted by atomic mass is 35.8. The lowest BCUT2D eigenvalue weighted by atomic mass is 10.1. The van der Waals surface area contributed by atoms with Crippen molar-refractivity contribution in [1.29, 1.82) is 0 Å². The highest BCUT2D eigenvalue weighted by molar-refractivity contribution is 7.64. The lowest BCUT2D eigenvalue weighted by molar-refractivity contribution is 0.566. The van der Waals surface area contributed by atoms with Crippen LogP contribution in [-0.4, -0.2) is 12.5 Å². The van der Waals surface area contributed by atoms with Crippen molar-refractivity contribution in [3.8, 4) is 0 Å². The molecule has 0 bridgehead atoms. The van der Waals surface area contributed by atoms with Crippen LogP contribution in [0.4, 0.5) is 0 Å². The minimum absolute atomic E-state index is 0.636. The van der Waals surface area contributed by atoms with E-state index in [1.807, 2.05) is 0 Å². The molecule has 0 radical (unpaired) electrons. The van der Waals surface area contributed by atoms with Gasteiger partial charge < -0.3 is 0 Å². The van der Waals surface area contributed by atoms with Gasteiger partial charge in [0.05, 0.1) is 0 Å². The molecule has 0 heterocycles. The van der Waals surface area contributed by atoms with Crippen molar-refractivity contribution in [1.82, 2.24) is 0 Å². The zero-order chi connectivity index (χ0) is 13.7. The average Bonchev–Trinajstić information content (AvgIpc) is 2.29. The van der Waals surface area contributed by atoms with Gasteiger partial charge >= 0.3 is 6.00 Å². The topological polar surface area (TPSA) is 48.8 Å². The Morgan fingerprint density at radius 1 is 0.778 bits per heavy atom. The van der Waals surface area contributed by atoms with Gasteiger partial charge in [-0.3, -0.25) is 0 Å². The third kappa shape index (κ3) is 16.4. The van der Waals surface area contributed by atoms with Crippen molar-refractivity contribution in [2.45, 2.75) is 63.8 Å². The quantitative estimate of drug-likeness (QED) is 0.0984. The van der Waals surface area contributed by atoms with E-state index in [1.165, 1.54) is 38.5 Å². The second-order valence-electron chi connectivity index (χ2n) is 4.50. The molecule has 0 aromatic heterocycles. The van der Waals surface area contributed by atoms with Crippen LogP contribution in [0.1, 0.15) is 57.8 Å². The van der Waals surface area contributed by atoms with Crippen molar-refractivity contribution >= 4 is 39.2 Å². The van der Waals surface area contributed by atoms with Crippen LogP contribution in [-0.2, 0) is 0 Å². The molecule has 18 heavy (non-hydrogen) atoms. The summed E-state index contributed by atoms with van der Waals surface area (Å²) in [4.78, 5) is 2.73. The maximum absolute atomic E-state index is 8.10. The molecule has 0 atom stereocenters. The Bertz CT molecular complexity index is 240.